The highest BCUT2D eigenvalue weighted by Gasteiger charge is 2.03. The average molecular weight is 219 g/mol. The van der Waals surface area contributed by atoms with Crippen LogP contribution in [0, 0.1) is 18.6 Å². The van der Waals surface area contributed by atoms with Crippen molar-refractivity contribution in [2.75, 3.05) is 0 Å². The van der Waals surface area contributed by atoms with Crippen LogP contribution in [0.15, 0.2) is 18.2 Å². The van der Waals surface area contributed by atoms with Crippen molar-refractivity contribution in [2.24, 2.45) is 7.05 Å². The van der Waals surface area contributed by atoms with Gasteiger partial charge in [0.25, 0.3) is 0 Å². The topological polar surface area (TPSA) is 33.6 Å². The Morgan fingerprint density at radius 3 is 2.53 bits per heavy atom. The van der Waals surface area contributed by atoms with E-state index in [9.17, 15) is 0 Å². The van der Waals surface area contributed by atoms with Crippen molar-refractivity contribution >= 4 is 12.2 Å². The normalized spacial score (nSPS) is 10.6. The van der Waals surface area contributed by atoms with Gasteiger partial charge in [-0.15, -0.1) is 0 Å². The number of hydrogen-bond acceptors (Lipinski definition) is 2. The lowest BCUT2D eigenvalue weighted by Gasteiger charge is -2.01. The van der Waals surface area contributed by atoms with E-state index >= 15 is 0 Å². The number of nitrogens with zero attached hydrogens (tertiary/aromatic N) is 2. The lowest BCUT2D eigenvalue weighted by atomic mass is 10.1. The van der Waals surface area contributed by atoms with Gasteiger partial charge in [-0.2, -0.15) is 4.98 Å². The first kappa shape index (κ1) is 10.1. The Hall–Kier alpha value is -1.42. The highest BCUT2D eigenvalue weighted by molar-refractivity contribution is 7.71. The minimum Gasteiger partial charge on any atom is -0.279 e. The van der Waals surface area contributed by atoms with Gasteiger partial charge in [-0.1, -0.05) is 12.1 Å². The standard InChI is InChI=1S/C11H13N3S/c1-7-4-5-9(6-8(7)2)10-12-11(15)14(3)13-10/h4-6H,1-3H3,(H,12,13,15). The highest BCUT2D eigenvalue weighted by atomic mass is 32.1. The molecule has 1 aromatic carbocycles. The average Bonchev–Trinajstić information content (AvgIpc) is 2.52. The molecule has 0 unspecified atom stereocenters. The summed E-state index contributed by atoms with van der Waals surface area (Å²) in [7, 11) is 1.86. The first-order valence-corrected chi connectivity index (χ1v) is 5.19. The Morgan fingerprint density at radius 2 is 2.00 bits per heavy atom. The maximum atomic E-state index is 5.05. The van der Waals surface area contributed by atoms with E-state index in [1.807, 2.05) is 7.05 Å². The third kappa shape index (κ3) is 1.85. The van der Waals surface area contributed by atoms with Crippen LogP contribution in [0.25, 0.3) is 11.4 Å². The maximum absolute atomic E-state index is 5.05. The number of H-pyrrole nitrogens is 1. The molecule has 0 aliphatic heterocycles. The SMILES string of the molecule is Cc1ccc(-c2nc(=S)n(C)[nH]2)cc1C. The minimum absolute atomic E-state index is 0.572. The van der Waals surface area contributed by atoms with Gasteiger partial charge in [0.2, 0.25) is 4.77 Å². The number of aromatic nitrogens is 3. The fourth-order valence-corrected chi connectivity index (χ4v) is 1.56. The van der Waals surface area contributed by atoms with E-state index < -0.39 is 0 Å². The fourth-order valence-electron chi connectivity index (χ4n) is 1.42. The van der Waals surface area contributed by atoms with Gasteiger partial charge in [-0.05, 0) is 43.3 Å². The first-order chi connectivity index (χ1) is 7.08. The van der Waals surface area contributed by atoms with Gasteiger partial charge in [0.15, 0.2) is 5.82 Å². The molecule has 1 N–H and O–H groups in total. The van der Waals surface area contributed by atoms with Crippen LogP contribution in [0.2, 0.25) is 0 Å². The highest BCUT2D eigenvalue weighted by Crippen LogP contribution is 2.18. The molecule has 0 saturated carbocycles. The summed E-state index contributed by atoms with van der Waals surface area (Å²) in [4.78, 5) is 4.27. The number of benzene rings is 1. The zero-order valence-corrected chi connectivity index (χ0v) is 9.85. The van der Waals surface area contributed by atoms with Crippen molar-refractivity contribution in [3.63, 3.8) is 0 Å². The van der Waals surface area contributed by atoms with Crippen LogP contribution in [-0.2, 0) is 7.05 Å². The first-order valence-electron chi connectivity index (χ1n) is 4.78. The molecule has 0 amide bonds. The van der Waals surface area contributed by atoms with E-state index in [1.165, 1.54) is 11.1 Å². The van der Waals surface area contributed by atoms with Crippen LogP contribution in [0.3, 0.4) is 0 Å². The zero-order valence-electron chi connectivity index (χ0n) is 9.03. The van der Waals surface area contributed by atoms with Crippen LogP contribution in [0.1, 0.15) is 11.1 Å². The number of nitrogens with one attached hydrogen (secondary N) is 1. The Kier molecular flexibility index (Phi) is 2.44. The summed E-state index contributed by atoms with van der Waals surface area (Å²) in [5, 5.41) is 3.11. The quantitative estimate of drug-likeness (QED) is 0.748. The van der Waals surface area contributed by atoms with Gasteiger partial charge in [-0.3, -0.25) is 9.78 Å². The molecule has 1 heterocycles. The molecule has 0 radical (unpaired) electrons. The molecule has 0 spiro atoms. The molecular weight excluding hydrogens is 206 g/mol. The third-order valence-electron chi connectivity index (χ3n) is 2.55. The van der Waals surface area contributed by atoms with E-state index in [4.69, 9.17) is 12.2 Å². The van der Waals surface area contributed by atoms with Crippen molar-refractivity contribution in [1.29, 1.82) is 0 Å². The van der Waals surface area contributed by atoms with Gasteiger partial charge in [0, 0.05) is 12.6 Å². The number of rotatable bonds is 1. The van der Waals surface area contributed by atoms with Gasteiger partial charge >= 0.3 is 0 Å². The van der Waals surface area contributed by atoms with E-state index in [0.29, 0.717) is 4.77 Å². The molecule has 15 heavy (non-hydrogen) atoms. The van der Waals surface area contributed by atoms with E-state index in [-0.39, 0.29) is 0 Å². The summed E-state index contributed by atoms with van der Waals surface area (Å²) in [5.74, 6) is 0.825. The van der Waals surface area contributed by atoms with Crippen molar-refractivity contribution in [2.45, 2.75) is 13.8 Å². The van der Waals surface area contributed by atoms with E-state index in [1.54, 1.807) is 4.68 Å². The molecular formula is C11H13N3S. The van der Waals surface area contributed by atoms with E-state index in [0.717, 1.165) is 11.4 Å². The second-order valence-electron chi connectivity index (χ2n) is 3.71. The van der Waals surface area contributed by atoms with Crippen LogP contribution >= 0.6 is 12.2 Å². The molecule has 2 rings (SSSR count). The van der Waals surface area contributed by atoms with E-state index in [2.05, 4.69) is 42.1 Å². The van der Waals surface area contributed by atoms with Crippen LogP contribution in [0.4, 0.5) is 0 Å². The molecule has 78 valence electrons. The van der Waals surface area contributed by atoms with Crippen LogP contribution in [0.5, 0.6) is 0 Å². The predicted molar refractivity (Wildman–Crippen MR) is 63.3 cm³/mol. The lowest BCUT2D eigenvalue weighted by Crippen LogP contribution is -1.90. The van der Waals surface area contributed by atoms with Crippen molar-refractivity contribution in [1.82, 2.24) is 14.8 Å². The summed E-state index contributed by atoms with van der Waals surface area (Å²) >= 11 is 5.05. The zero-order chi connectivity index (χ0) is 11.0. The molecule has 0 atom stereocenters. The molecule has 0 fully saturated rings. The summed E-state index contributed by atoms with van der Waals surface area (Å²) in [6, 6.07) is 6.26. The van der Waals surface area contributed by atoms with Crippen molar-refractivity contribution < 1.29 is 0 Å². The molecule has 3 nitrogen and oxygen atoms in total. The second kappa shape index (κ2) is 3.62. The molecule has 4 heteroatoms. The summed E-state index contributed by atoms with van der Waals surface area (Å²) in [5.41, 5.74) is 3.62. The molecule has 0 bridgehead atoms. The Bertz CT molecular complexity index is 551. The summed E-state index contributed by atoms with van der Waals surface area (Å²) in [6.07, 6.45) is 0. The van der Waals surface area contributed by atoms with Crippen LogP contribution < -0.4 is 0 Å². The number of aromatic amines is 1. The van der Waals surface area contributed by atoms with Gasteiger partial charge in [0.1, 0.15) is 0 Å². The smallest absolute Gasteiger partial charge is 0.216 e. The second-order valence-corrected chi connectivity index (χ2v) is 4.08. The molecule has 1 aromatic heterocycles. The maximum Gasteiger partial charge on any atom is 0.216 e. The number of hydrogen-bond donors (Lipinski definition) is 1. The molecule has 0 aliphatic carbocycles. The van der Waals surface area contributed by atoms with Gasteiger partial charge in [0.05, 0.1) is 0 Å². The lowest BCUT2D eigenvalue weighted by molar-refractivity contribution is 0.756. The summed E-state index contributed by atoms with van der Waals surface area (Å²) in [6.45, 7) is 4.19. The Balaban J connectivity index is 2.54. The minimum atomic E-state index is 0.572. The van der Waals surface area contributed by atoms with Gasteiger partial charge < -0.3 is 0 Å². The van der Waals surface area contributed by atoms with Crippen molar-refractivity contribution in [3.05, 3.63) is 34.1 Å². The Morgan fingerprint density at radius 1 is 1.27 bits per heavy atom. The largest absolute Gasteiger partial charge is 0.279 e. The molecule has 2 aromatic rings. The van der Waals surface area contributed by atoms with Crippen molar-refractivity contribution in [3.8, 4) is 11.4 Å². The summed E-state index contributed by atoms with van der Waals surface area (Å²) < 4.78 is 2.31. The molecule has 0 saturated heterocycles. The number of aryl methyl sites for hydroxylation is 3. The molecule has 0 aliphatic rings. The van der Waals surface area contributed by atoms with Crippen LogP contribution in [-0.4, -0.2) is 14.8 Å². The van der Waals surface area contributed by atoms with Gasteiger partial charge in [-0.25, -0.2) is 0 Å². The monoisotopic (exact) mass is 219 g/mol. The Labute approximate surface area is 93.8 Å². The third-order valence-corrected chi connectivity index (χ3v) is 2.91. The fraction of sp³-hybridized carbons (Fsp3) is 0.273. The predicted octanol–water partition coefficient (Wildman–Crippen LogP) is 2.76.